The molecule has 37 heavy (non-hydrogen) atoms. The number of allylic oxidation sites excluding steroid dienone is 1. The summed E-state index contributed by atoms with van der Waals surface area (Å²) < 4.78 is 115. The molecule has 0 unspecified atom stereocenters. The topological polar surface area (TPSA) is 43.4 Å². The molecule has 0 bridgehead atoms. The quantitative estimate of drug-likeness (QED) is 0.234. The number of ether oxygens (including phenoxy) is 1. The van der Waals surface area contributed by atoms with Crippen molar-refractivity contribution < 1.29 is 39.5 Å². The Balaban J connectivity index is 1.79. The molecule has 4 rings (SSSR count). The van der Waals surface area contributed by atoms with Gasteiger partial charge < -0.3 is 4.74 Å². The molecular formula is C27H22F6O3S. The van der Waals surface area contributed by atoms with Crippen molar-refractivity contribution in [1.82, 2.24) is 0 Å². The second-order valence-electron chi connectivity index (χ2n) is 8.94. The van der Waals surface area contributed by atoms with Crippen LogP contribution >= 0.6 is 0 Å². The molecule has 0 spiro atoms. The summed E-state index contributed by atoms with van der Waals surface area (Å²) >= 11 is 0. The number of alkyl halides is 6. The second-order valence-corrected chi connectivity index (χ2v) is 11.2. The fourth-order valence-electron chi connectivity index (χ4n) is 4.64. The molecule has 0 aromatic heterocycles. The van der Waals surface area contributed by atoms with E-state index in [2.05, 4.69) is 11.3 Å². The molecular weight excluding hydrogens is 518 g/mol. The maximum atomic E-state index is 14.2. The fraction of sp³-hybridized carbons (Fsp3) is 0.259. The van der Waals surface area contributed by atoms with Gasteiger partial charge in [0.1, 0.15) is 4.75 Å². The first-order chi connectivity index (χ1) is 17.2. The molecule has 1 saturated carbocycles. The molecule has 196 valence electrons. The van der Waals surface area contributed by atoms with Gasteiger partial charge in [0.15, 0.2) is 9.84 Å². The van der Waals surface area contributed by atoms with Crippen molar-refractivity contribution in [3.8, 4) is 0 Å². The Labute approximate surface area is 210 Å². The van der Waals surface area contributed by atoms with Crippen LogP contribution in [0.15, 0.2) is 102 Å². The molecule has 3 aromatic rings. The van der Waals surface area contributed by atoms with Crippen LogP contribution in [0.3, 0.4) is 0 Å². The Kier molecular flexibility index (Phi) is 6.79. The van der Waals surface area contributed by atoms with Gasteiger partial charge >= 0.3 is 12.4 Å². The molecule has 3 nitrogen and oxygen atoms in total. The van der Waals surface area contributed by atoms with Crippen molar-refractivity contribution in [2.45, 2.75) is 47.0 Å². The van der Waals surface area contributed by atoms with Gasteiger partial charge in [-0.05, 0) is 36.1 Å². The standard InChI is InChI=1S/C27H22F6O3S/c1-19-16-24(17-19,37(34,35)23-10-6-3-7-11-23)21-12-14-22(15-13-21)25(26(28,29)30,27(31,32)33)36-18-20-8-4-2-5-9-20/h2-15H,1,16-18H2. The summed E-state index contributed by atoms with van der Waals surface area (Å²) in [5.41, 5.74) is -5.01. The van der Waals surface area contributed by atoms with Crippen LogP contribution in [-0.4, -0.2) is 20.8 Å². The summed E-state index contributed by atoms with van der Waals surface area (Å²) in [7, 11) is -4.04. The van der Waals surface area contributed by atoms with Crippen molar-refractivity contribution in [3.05, 3.63) is 114 Å². The van der Waals surface area contributed by atoms with Crippen LogP contribution in [0.2, 0.25) is 0 Å². The zero-order chi connectivity index (χ0) is 27.1. The normalized spacial score (nSPS) is 16.3. The molecule has 0 aliphatic heterocycles. The van der Waals surface area contributed by atoms with Crippen LogP contribution in [-0.2, 0) is 31.5 Å². The minimum Gasteiger partial charge on any atom is -0.349 e. The highest BCUT2D eigenvalue weighted by atomic mass is 32.2. The van der Waals surface area contributed by atoms with E-state index in [1.807, 2.05) is 0 Å². The van der Waals surface area contributed by atoms with Crippen molar-refractivity contribution in [2.24, 2.45) is 0 Å². The highest BCUT2D eigenvalue weighted by Crippen LogP contribution is 2.56. The van der Waals surface area contributed by atoms with E-state index in [-0.39, 0.29) is 28.9 Å². The van der Waals surface area contributed by atoms with E-state index in [1.165, 1.54) is 48.5 Å². The largest absolute Gasteiger partial charge is 0.430 e. The molecule has 10 heteroatoms. The third-order valence-corrected chi connectivity index (χ3v) is 9.00. The lowest BCUT2D eigenvalue weighted by Gasteiger charge is -2.43. The van der Waals surface area contributed by atoms with E-state index in [0.29, 0.717) is 17.7 Å². The Morgan fingerprint density at radius 1 is 0.757 bits per heavy atom. The van der Waals surface area contributed by atoms with Crippen molar-refractivity contribution >= 4 is 9.84 Å². The SMILES string of the molecule is C=C1CC(c2ccc(C(OCc3ccccc3)(C(F)(F)F)C(F)(F)F)cc2)(S(=O)(=O)c2ccccc2)C1. The predicted octanol–water partition coefficient (Wildman–Crippen LogP) is 7.24. The maximum absolute atomic E-state index is 14.2. The van der Waals surface area contributed by atoms with Crippen molar-refractivity contribution in [1.29, 1.82) is 0 Å². The summed E-state index contributed by atoms with van der Waals surface area (Å²) in [6.07, 6.45) is -11.7. The van der Waals surface area contributed by atoms with E-state index in [1.54, 1.807) is 12.1 Å². The average Bonchev–Trinajstić information content (AvgIpc) is 2.82. The Hall–Kier alpha value is -3.11. The zero-order valence-corrected chi connectivity index (χ0v) is 20.1. The van der Waals surface area contributed by atoms with Crippen molar-refractivity contribution in [3.63, 3.8) is 0 Å². The fourth-order valence-corrected chi connectivity index (χ4v) is 6.84. The van der Waals surface area contributed by atoms with Crippen LogP contribution in [0.5, 0.6) is 0 Å². The Bertz CT molecular complexity index is 1340. The Morgan fingerprint density at radius 3 is 1.70 bits per heavy atom. The maximum Gasteiger partial charge on any atom is 0.430 e. The zero-order valence-electron chi connectivity index (χ0n) is 19.3. The second kappa shape index (κ2) is 9.33. The van der Waals surface area contributed by atoms with E-state index in [4.69, 9.17) is 0 Å². The third-order valence-electron chi connectivity index (χ3n) is 6.55. The summed E-state index contributed by atoms with van der Waals surface area (Å²) in [5, 5.41) is 0. The lowest BCUT2D eigenvalue weighted by molar-refractivity contribution is -0.392. The van der Waals surface area contributed by atoms with Gasteiger partial charge in [-0.1, -0.05) is 84.9 Å². The molecule has 0 saturated heterocycles. The summed E-state index contributed by atoms with van der Waals surface area (Å²) in [6.45, 7) is 2.83. The van der Waals surface area contributed by atoms with Crippen LogP contribution in [0.1, 0.15) is 29.5 Å². The first-order valence-electron chi connectivity index (χ1n) is 11.1. The lowest BCUT2D eigenvalue weighted by atomic mass is 9.75. The van der Waals surface area contributed by atoms with E-state index in [0.717, 1.165) is 12.1 Å². The molecule has 0 amide bonds. The number of sulfone groups is 1. The van der Waals surface area contributed by atoms with E-state index in [9.17, 15) is 34.8 Å². The van der Waals surface area contributed by atoms with Crippen LogP contribution in [0.4, 0.5) is 26.3 Å². The van der Waals surface area contributed by atoms with Gasteiger partial charge in [0.25, 0.3) is 5.60 Å². The number of benzene rings is 3. The lowest BCUT2D eigenvalue weighted by Crippen LogP contribution is -2.56. The number of hydrogen-bond donors (Lipinski definition) is 0. The number of halogens is 6. The number of hydrogen-bond acceptors (Lipinski definition) is 3. The monoisotopic (exact) mass is 540 g/mol. The van der Waals surface area contributed by atoms with Gasteiger partial charge in [0, 0.05) is 5.56 Å². The molecule has 0 heterocycles. The van der Waals surface area contributed by atoms with Crippen molar-refractivity contribution in [2.75, 3.05) is 0 Å². The molecule has 1 aliphatic rings. The molecule has 0 atom stereocenters. The molecule has 0 N–H and O–H groups in total. The molecule has 1 aliphatic carbocycles. The van der Waals surface area contributed by atoms with Gasteiger partial charge in [0.05, 0.1) is 11.5 Å². The first kappa shape index (κ1) is 26.9. The number of rotatable bonds is 7. The molecule has 1 fully saturated rings. The van der Waals surface area contributed by atoms with Gasteiger partial charge in [-0.25, -0.2) is 8.42 Å². The van der Waals surface area contributed by atoms with Gasteiger partial charge in [-0.15, -0.1) is 0 Å². The summed E-state index contributed by atoms with van der Waals surface area (Å²) in [5.74, 6) is 0. The molecule has 0 radical (unpaired) electrons. The van der Waals surface area contributed by atoms with Crippen LogP contribution < -0.4 is 0 Å². The minimum absolute atomic E-state index is 0.00213. The highest BCUT2D eigenvalue weighted by molar-refractivity contribution is 7.92. The van der Waals surface area contributed by atoms with E-state index < -0.39 is 44.7 Å². The average molecular weight is 541 g/mol. The smallest absolute Gasteiger partial charge is 0.349 e. The summed E-state index contributed by atoms with van der Waals surface area (Å²) in [4.78, 5) is -0.00213. The summed E-state index contributed by atoms with van der Waals surface area (Å²) in [6, 6.07) is 18.0. The van der Waals surface area contributed by atoms with Gasteiger partial charge in [0.2, 0.25) is 0 Å². The first-order valence-corrected chi connectivity index (χ1v) is 12.6. The van der Waals surface area contributed by atoms with Gasteiger partial charge in [-0.3, -0.25) is 0 Å². The molecule has 3 aromatic carbocycles. The highest BCUT2D eigenvalue weighted by Gasteiger charge is 2.73. The minimum atomic E-state index is -5.86. The Morgan fingerprint density at radius 2 is 1.24 bits per heavy atom. The van der Waals surface area contributed by atoms with E-state index >= 15 is 0 Å². The van der Waals surface area contributed by atoms with Gasteiger partial charge in [-0.2, -0.15) is 26.3 Å². The van der Waals surface area contributed by atoms with Crippen LogP contribution in [0, 0.1) is 0 Å². The van der Waals surface area contributed by atoms with Crippen LogP contribution in [0.25, 0.3) is 0 Å². The predicted molar refractivity (Wildman–Crippen MR) is 125 cm³/mol. The third kappa shape index (κ3) is 4.46.